The zero-order valence-electron chi connectivity index (χ0n) is 12.0. The Balaban J connectivity index is 2.66. The van der Waals surface area contributed by atoms with Crippen molar-refractivity contribution in [3.63, 3.8) is 0 Å². The van der Waals surface area contributed by atoms with Gasteiger partial charge in [-0.2, -0.15) is 0 Å². The predicted octanol–water partition coefficient (Wildman–Crippen LogP) is 2.32. The second-order valence-corrected chi connectivity index (χ2v) is 7.58. The van der Waals surface area contributed by atoms with E-state index in [4.69, 9.17) is 0 Å². The van der Waals surface area contributed by atoms with E-state index in [9.17, 15) is 8.42 Å². The van der Waals surface area contributed by atoms with Crippen molar-refractivity contribution in [2.24, 2.45) is 0 Å². The van der Waals surface area contributed by atoms with Gasteiger partial charge in [0.1, 0.15) is 10.7 Å². The maximum atomic E-state index is 12.6. The third-order valence-corrected chi connectivity index (χ3v) is 5.10. The molecule has 2 rings (SSSR count). The van der Waals surface area contributed by atoms with E-state index in [1.165, 1.54) is 4.31 Å². The van der Waals surface area contributed by atoms with Crippen LogP contribution in [0.5, 0.6) is 0 Å². The van der Waals surface area contributed by atoms with E-state index in [-0.39, 0.29) is 0 Å². The van der Waals surface area contributed by atoms with Crippen molar-refractivity contribution in [3.05, 3.63) is 41.7 Å². The van der Waals surface area contributed by atoms with E-state index < -0.39 is 15.6 Å². The Kier molecular flexibility index (Phi) is 3.13. The highest BCUT2D eigenvalue weighted by atomic mass is 32.2. The summed E-state index contributed by atoms with van der Waals surface area (Å²) < 4.78 is 26.6. The average Bonchev–Trinajstić information content (AvgIpc) is 2.25. The summed E-state index contributed by atoms with van der Waals surface area (Å²) in [7, 11) is 0.337. The van der Waals surface area contributed by atoms with Gasteiger partial charge in [-0.25, -0.2) is 12.7 Å². The van der Waals surface area contributed by atoms with E-state index in [1.54, 1.807) is 0 Å². The molecule has 5 heteroatoms. The summed E-state index contributed by atoms with van der Waals surface area (Å²) in [4.78, 5) is 2.27. The van der Waals surface area contributed by atoms with Crippen LogP contribution in [0.1, 0.15) is 26.3 Å². The first-order chi connectivity index (χ1) is 8.67. The van der Waals surface area contributed by atoms with Crippen molar-refractivity contribution in [1.82, 2.24) is 9.21 Å². The van der Waals surface area contributed by atoms with E-state index in [2.05, 4.69) is 0 Å². The summed E-state index contributed by atoms with van der Waals surface area (Å²) in [6, 6.07) is 9.24. The molecule has 0 saturated carbocycles. The van der Waals surface area contributed by atoms with Gasteiger partial charge in [0.25, 0.3) is 10.0 Å². The fourth-order valence-corrected chi connectivity index (χ4v) is 4.50. The van der Waals surface area contributed by atoms with E-state index in [0.29, 0.717) is 4.91 Å². The minimum atomic E-state index is -3.40. The van der Waals surface area contributed by atoms with Crippen LogP contribution in [0.15, 0.2) is 36.2 Å². The van der Waals surface area contributed by atoms with Crippen LogP contribution >= 0.6 is 0 Å². The molecule has 0 atom stereocenters. The number of hydrogen-bond donors (Lipinski definition) is 0. The largest absolute Gasteiger partial charge is 0.362 e. The highest BCUT2D eigenvalue weighted by molar-refractivity contribution is 8.00. The van der Waals surface area contributed by atoms with Crippen LogP contribution in [0.25, 0.3) is 4.91 Å². The number of benzene rings is 1. The quantitative estimate of drug-likeness (QED) is 0.834. The van der Waals surface area contributed by atoms with Gasteiger partial charge in [-0.1, -0.05) is 30.3 Å². The first-order valence-electron chi connectivity index (χ1n) is 6.20. The molecular formula is C14H20N2O2S. The number of rotatable bonds is 2. The standard InChI is InChI=1S/C14H20N2O2S/c1-14(2,3)16-13(15(4)5)12(19(16,17)18)11-9-7-6-8-10-11/h6-10H,1-5H3. The molecule has 0 bridgehead atoms. The lowest BCUT2D eigenvalue weighted by atomic mass is 10.1. The second-order valence-electron chi connectivity index (χ2n) is 5.85. The summed E-state index contributed by atoms with van der Waals surface area (Å²) >= 11 is 0. The summed E-state index contributed by atoms with van der Waals surface area (Å²) in [6.07, 6.45) is 0. The maximum absolute atomic E-state index is 12.6. The van der Waals surface area contributed by atoms with Crippen LogP contribution in [-0.2, 0) is 10.0 Å². The Morgan fingerprint density at radius 3 is 2.00 bits per heavy atom. The first-order valence-corrected chi connectivity index (χ1v) is 7.64. The lowest BCUT2D eigenvalue weighted by molar-refractivity contribution is 0.232. The minimum absolute atomic E-state index is 0.410. The van der Waals surface area contributed by atoms with Crippen molar-refractivity contribution in [2.75, 3.05) is 14.1 Å². The molecule has 0 saturated heterocycles. The minimum Gasteiger partial charge on any atom is -0.362 e. The molecule has 1 aliphatic heterocycles. The smallest absolute Gasteiger partial charge is 0.270 e. The highest BCUT2D eigenvalue weighted by Gasteiger charge is 2.49. The summed E-state index contributed by atoms with van der Waals surface area (Å²) in [5.41, 5.74) is 0.281. The Labute approximate surface area is 115 Å². The fraction of sp³-hybridized carbons (Fsp3) is 0.429. The normalized spacial score (nSPS) is 18.3. The van der Waals surface area contributed by atoms with E-state index >= 15 is 0 Å². The first kappa shape index (κ1) is 13.9. The van der Waals surface area contributed by atoms with E-state index in [1.807, 2.05) is 70.1 Å². The van der Waals surface area contributed by atoms with Gasteiger partial charge in [0.05, 0.1) is 0 Å². The summed E-state index contributed by atoms with van der Waals surface area (Å²) in [6.45, 7) is 5.70. The van der Waals surface area contributed by atoms with E-state index in [0.717, 1.165) is 11.4 Å². The molecule has 104 valence electrons. The Hall–Kier alpha value is -1.49. The van der Waals surface area contributed by atoms with Gasteiger partial charge in [0, 0.05) is 19.6 Å². The second kappa shape index (κ2) is 4.27. The van der Waals surface area contributed by atoms with Crippen LogP contribution in [0.2, 0.25) is 0 Å². The van der Waals surface area contributed by atoms with Crippen molar-refractivity contribution >= 4 is 14.9 Å². The lowest BCUT2D eigenvalue weighted by Crippen LogP contribution is -2.55. The highest BCUT2D eigenvalue weighted by Crippen LogP contribution is 2.45. The lowest BCUT2D eigenvalue weighted by Gasteiger charge is -2.48. The monoisotopic (exact) mass is 280 g/mol. The molecular weight excluding hydrogens is 260 g/mol. The topological polar surface area (TPSA) is 40.6 Å². The third-order valence-electron chi connectivity index (χ3n) is 2.96. The summed E-state index contributed by atoms with van der Waals surface area (Å²) in [5, 5.41) is 0. The van der Waals surface area contributed by atoms with Crippen LogP contribution < -0.4 is 0 Å². The molecule has 0 radical (unpaired) electrons. The maximum Gasteiger partial charge on any atom is 0.270 e. The third kappa shape index (κ3) is 2.12. The van der Waals surface area contributed by atoms with Crippen LogP contribution in [0.3, 0.4) is 0 Å². The fourth-order valence-electron chi connectivity index (χ4n) is 2.30. The Morgan fingerprint density at radius 1 is 1.05 bits per heavy atom. The molecule has 0 amide bonds. The zero-order chi connectivity index (χ0) is 14.4. The molecule has 0 N–H and O–H groups in total. The molecule has 1 heterocycles. The van der Waals surface area contributed by atoms with Crippen molar-refractivity contribution in [3.8, 4) is 0 Å². The van der Waals surface area contributed by atoms with Crippen LogP contribution in [-0.4, -0.2) is 37.3 Å². The Bertz CT molecular complexity index is 611. The zero-order valence-corrected chi connectivity index (χ0v) is 12.8. The molecule has 0 aliphatic carbocycles. The van der Waals surface area contributed by atoms with Gasteiger partial charge in [0.2, 0.25) is 0 Å². The van der Waals surface area contributed by atoms with Gasteiger partial charge < -0.3 is 4.90 Å². The predicted molar refractivity (Wildman–Crippen MR) is 77.6 cm³/mol. The van der Waals surface area contributed by atoms with Gasteiger partial charge >= 0.3 is 0 Å². The summed E-state index contributed by atoms with van der Waals surface area (Å²) in [5.74, 6) is 0.749. The van der Waals surface area contributed by atoms with Gasteiger partial charge in [0.15, 0.2) is 0 Å². The molecule has 1 aliphatic rings. The SMILES string of the molecule is CN(C)C1=C(c2ccccc2)S(=O)(=O)N1C(C)(C)C. The molecule has 0 aromatic heterocycles. The van der Waals surface area contributed by atoms with Crippen LogP contribution in [0.4, 0.5) is 0 Å². The molecule has 0 fully saturated rings. The number of nitrogens with zero attached hydrogens (tertiary/aromatic N) is 2. The molecule has 19 heavy (non-hydrogen) atoms. The number of sulfonamides is 1. The molecule has 1 aromatic rings. The van der Waals surface area contributed by atoms with Gasteiger partial charge in [-0.3, -0.25) is 0 Å². The molecule has 1 aromatic carbocycles. The van der Waals surface area contributed by atoms with Gasteiger partial charge in [-0.15, -0.1) is 0 Å². The average molecular weight is 280 g/mol. The van der Waals surface area contributed by atoms with Crippen molar-refractivity contribution in [2.45, 2.75) is 26.3 Å². The van der Waals surface area contributed by atoms with Gasteiger partial charge in [-0.05, 0) is 26.3 Å². The van der Waals surface area contributed by atoms with Crippen LogP contribution in [0, 0.1) is 0 Å². The molecule has 4 nitrogen and oxygen atoms in total. The molecule has 0 unspecified atom stereocenters. The molecule has 0 spiro atoms. The van der Waals surface area contributed by atoms with Crippen molar-refractivity contribution < 1.29 is 8.42 Å². The number of hydrogen-bond acceptors (Lipinski definition) is 3. The van der Waals surface area contributed by atoms with Crippen molar-refractivity contribution in [1.29, 1.82) is 0 Å². The Morgan fingerprint density at radius 2 is 1.58 bits per heavy atom.